The lowest BCUT2D eigenvalue weighted by atomic mass is 10.0. The Morgan fingerprint density at radius 3 is 1.98 bits per heavy atom. The second kappa shape index (κ2) is 13.9. The Bertz CT molecular complexity index is 1270. The molecule has 1 atom stereocenters. The van der Waals surface area contributed by atoms with E-state index in [4.69, 9.17) is 14.2 Å². The first-order valence-electron chi connectivity index (χ1n) is 14.1. The lowest BCUT2D eigenvalue weighted by molar-refractivity contribution is -0.131. The first-order valence-corrected chi connectivity index (χ1v) is 14.1. The fourth-order valence-corrected chi connectivity index (χ4v) is 4.37. The van der Waals surface area contributed by atoms with Gasteiger partial charge in [-0.1, -0.05) is 25.0 Å². The van der Waals surface area contributed by atoms with Crippen LogP contribution in [0.15, 0.2) is 36.5 Å². The van der Waals surface area contributed by atoms with Crippen LogP contribution in [-0.2, 0) is 25.5 Å². The zero-order valence-corrected chi connectivity index (χ0v) is 25.4. The third-order valence-corrected chi connectivity index (χ3v) is 6.34. The Kier molecular flexibility index (Phi) is 10.8. The second-order valence-electron chi connectivity index (χ2n) is 12.4. The van der Waals surface area contributed by atoms with Crippen molar-refractivity contribution in [1.29, 1.82) is 0 Å². The number of Topliss-reactive ketones (excluding diaryl/α,β-unsaturated/α-hetero) is 1. The summed E-state index contributed by atoms with van der Waals surface area (Å²) in [5.74, 6) is -3.83. The van der Waals surface area contributed by atoms with Crippen molar-refractivity contribution in [2.75, 3.05) is 11.5 Å². The van der Waals surface area contributed by atoms with Gasteiger partial charge < -0.3 is 19.5 Å². The number of benzene rings is 1. The Balaban J connectivity index is 1.82. The summed E-state index contributed by atoms with van der Waals surface area (Å²) in [6, 6.07) is 5.01. The molecule has 1 saturated carbocycles. The minimum absolute atomic E-state index is 0.0352. The zero-order chi connectivity index (χ0) is 31.9. The number of halogens is 2. The van der Waals surface area contributed by atoms with E-state index in [9.17, 15) is 28.0 Å². The Labute approximate surface area is 250 Å². The van der Waals surface area contributed by atoms with Crippen molar-refractivity contribution < 1.29 is 42.2 Å². The zero-order valence-electron chi connectivity index (χ0n) is 25.4. The van der Waals surface area contributed by atoms with Crippen molar-refractivity contribution in [3.63, 3.8) is 0 Å². The number of hydrogen-bond acceptors (Lipinski definition) is 8. The molecule has 0 bridgehead atoms. The maximum atomic E-state index is 14.0. The van der Waals surface area contributed by atoms with Crippen LogP contribution in [0.3, 0.4) is 0 Å². The van der Waals surface area contributed by atoms with Gasteiger partial charge in [0, 0.05) is 18.5 Å². The maximum Gasteiger partial charge on any atom is 0.425 e. The number of amides is 3. The molecule has 3 amide bonds. The standard InChI is InChI=1S/C31H39F2N3O7/c1-30(2,3)42-28(39)36(29(40)43-31(4,5)6)25-15-14-19(17-34-25)16-23(35-27(38)20-10-7-8-11-20)24(37)18-41-26-21(32)12-9-13-22(26)33/h9,12-15,17,20,23H,7-8,10-11,16,18H2,1-6H3,(H,35,38). The van der Waals surface area contributed by atoms with E-state index in [1.165, 1.54) is 24.4 Å². The average Bonchev–Trinajstić information content (AvgIpc) is 3.42. The number of ketones is 1. The lowest BCUT2D eigenvalue weighted by Crippen LogP contribution is -2.46. The number of para-hydroxylation sites is 1. The molecule has 0 saturated heterocycles. The van der Waals surface area contributed by atoms with Gasteiger partial charge in [0.15, 0.2) is 23.2 Å². The van der Waals surface area contributed by atoms with Crippen molar-refractivity contribution in [3.05, 3.63) is 53.7 Å². The van der Waals surface area contributed by atoms with Crippen LogP contribution >= 0.6 is 0 Å². The molecule has 1 aromatic heterocycles. The molecule has 1 heterocycles. The van der Waals surface area contributed by atoms with Gasteiger partial charge in [-0.15, -0.1) is 0 Å². The van der Waals surface area contributed by atoms with Crippen LogP contribution in [0.25, 0.3) is 0 Å². The van der Waals surface area contributed by atoms with Crippen LogP contribution in [0.4, 0.5) is 24.2 Å². The van der Waals surface area contributed by atoms with Gasteiger partial charge in [-0.05, 0) is 78.1 Å². The molecule has 1 fully saturated rings. The molecule has 1 N–H and O–H groups in total. The van der Waals surface area contributed by atoms with E-state index in [1.807, 2.05) is 0 Å². The van der Waals surface area contributed by atoms with Gasteiger partial charge in [-0.2, -0.15) is 4.90 Å². The van der Waals surface area contributed by atoms with Gasteiger partial charge in [-0.3, -0.25) is 9.59 Å². The highest BCUT2D eigenvalue weighted by Crippen LogP contribution is 2.26. The third kappa shape index (κ3) is 10.0. The number of carbonyl (C=O) groups excluding carboxylic acids is 4. The molecule has 0 spiro atoms. The minimum atomic E-state index is -1.09. The predicted molar refractivity (Wildman–Crippen MR) is 154 cm³/mol. The monoisotopic (exact) mass is 603 g/mol. The lowest BCUT2D eigenvalue weighted by Gasteiger charge is -2.28. The first kappa shape index (κ1) is 33.4. The summed E-state index contributed by atoms with van der Waals surface area (Å²) in [7, 11) is 0. The summed E-state index contributed by atoms with van der Waals surface area (Å²) in [6.45, 7) is 9.20. The van der Waals surface area contributed by atoms with Gasteiger partial charge in [0.2, 0.25) is 5.91 Å². The summed E-state index contributed by atoms with van der Waals surface area (Å²) in [4.78, 5) is 56.8. The SMILES string of the molecule is CC(C)(C)OC(=O)N(C(=O)OC(C)(C)C)c1ccc(CC(NC(=O)C2CCCC2)C(=O)COc2c(F)cccc2F)cn1. The largest absolute Gasteiger partial charge is 0.480 e. The van der Waals surface area contributed by atoms with Crippen LogP contribution in [-0.4, -0.2) is 52.7 Å². The summed E-state index contributed by atoms with van der Waals surface area (Å²) in [5.41, 5.74) is -1.34. The third-order valence-electron chi connectivity index (χ3n) is 6.34. The van der Waals surface area contributed by atoms with Crippen molar-refractivity contribution >= 4 is 29.7 Å². The van der Waals surface area contributed by atoms with E-state index in [-0.39, 0.29) is 24.1 Å². The maximum absolute atomic E-state index is 14.0. The number of nitrogens with one attached hydrogen (secondary N) is 1. The second-order valence-corrected chi connectivity index (χ2v) is 12.4. The summed E-state index contributed by atoms with van der Waals surface area (Å²) >= 11 is 0. The normalized spacial score (nSPS) is 14.5. The molecule has 2 aromatic rings. The fraction of sp³-hybridized carbons (Fsp3) is 0.516. The van der Waals surface area contributed by atoms with Crippen LogP contribution in [0.1, 0.15) is 72.8 Å². The molecule has 1 aliphatic carbocycles. The highest BCUT2D eigenvalue weighted by atomic mass is 19.1. The highest BCUT2D eigenvalue weighted by molar-refractivity contribution is 6.08. The van der Waals surface area contributed by atoms with Gasteiger partial charge in [-0.25, -0.2) is 23.4 Å². The molecule has 1 aromatic carbocycles. The molecule has 0 aliphatic heterocycles. The summed E-state index contributed by atoms with van der Waals surface area (Å²) in [5, 5.41) is 2.76. The van der Waals surface area contributed by atoms with Gasteiger partial charge in [0.1, 0.15) is 23.6 Å². The number of carbonyl (C=O) groups is 4. The number of imide groups is 1. The van der Waals surface area contributed by atoms with E-state index in [0.29, 0.717) is 23.3 Å². The van der Waals surface area contributed by atoms with E-state index in [1.54, 1.807) is 41.5 Å². The van der Waals surface area contributed by atoms with E-state index >= 15 is 0 Å². The number of ether oxygens (including phenoxy) is 3. The van der Waals surface area contributed by atoms with Crippen LogP contribution < -0.4 is 15.0 Å². The Hall–Kier alpha value is -4.09. The number of pyridine rings is 1. The first-order chi connectivity index (χ1) is 20.0. The smallest absolute Gasteiger partial charge is 0.425 e. The molecule has 1 unspecified atom stereocenters. The topological polar surface area (TPSA) is 124 Å². The van der Waals surface area contributed by atoms with Gasteiger partial charge in [0.05, 0.1) is 6.04 Å². The summed E-state index contributed by atoms with van der Waals surface area (Å²) in [6.07, 6.45) is 2.54. The van der Waals surface area contributed by atoms with Crippen molar-refractivity contribution in [3.8, 4) is 5.75 Å². The number of rotatable bonds is 9. The van der Waals surface area contributed by atoms with Crippen LogP contribution in [0, 0.1) is 17.6 Å². The Morgan fingerprint density at radius 2 is 1.49 bits per heavy atom. The van der Waals surface area contributed by atoms with Crippen molar-refractivity contribution in [2.24, 2.45) is 5.92 Å². The number of hydrogen-bond donors (Lipinski definition) is 1. The van der Waals surface area contributed by atoms with Crippen LogP contribution in [0.2, 0.25) is 0 Å². The van der Waals surface area contributed by atoms with E-state index < -0.39 is 59.2 Å². The number of aromatic nitrogens is 1. The highest BCUT2D eigenvalue weighted by Gasteiger charge is 2.34. The van der Waals surface area contributed by atoms with E-state index in [2.05, 4.69) is 10.3 Å². The fourth-order valence-electron chi connectivity index (χ4n) is 4.37. The Morgan fingerprint density at radius 1 is 0.930 bits per heavy atom. The van der Waals surface area contributed by atoms with Gasteiger partial charge in [0.25, 0.3) is 0 Å². The van der Waals surface area contributed by atoms with E-state index in [0.717, 1.165) is 25.0 Å². The minimum Gasteiger partial charge on any atom is -0.480 e. The molecule has 234 valence electrons. The van der Waals surface area contributed by atoms with Crippen LogP contribution in [0.5, 0.6) is 5.75 Å². The number of anilines is 1. The average molecular weight is 604 g/mol. The molecular weight excluding hydrogens is 564 g/mol. The van der Waals surface area contributed by atoms with Crippen molar-refractivity contribution in [2.45, 2.75) is 90.9 Å². The van der Waals surface area contributed by atoms with Crippen molar-refractivity contribution in [1.82, 2.24) is 10.3 Å². The molecule has 1 aliphatic rings. The molecule has 3 rings (SSSR count). The molecule has 43 heavy (non-hydrogen) atoms. The molecule has 12 heteroatoms. The van der Waals surface area contributed by atoms with Gasteiger partial charge >= 0.3 is 12.2 Å². The molecule has 10 nitrogen and oxygen atoms in total. The molecule has 0 radical (unpaired) electrons. The predicted octanol–water partition coefficient (Wildman–Crippen LogP) is 5.90. The summed E-state index contributed by atoms with van der Waals surface area (Å²) < 4.78 is 44.0. The number of nitrogens with zero attached hydrogens (tertiary/aromatic N) is 2. The molecular formula is C31H39F2N3O7. The quantitative estimate of drug-likeness (QED) is 0.376.